The fraction of sp³-hybridized carbons (Fsp3) is 0.133. The summed E-state index contributed by atoms with van der Waals surface area (Å²) in [6, 6.07) is 31.1. The lowest BCUT2D eigenvalue weighted by atomic mass is 9.79. The fourth-order valence-electron chi connectivity index (χ4n) is 4.63. The van der Waals surface area contributed by atoms with Crippen LogP contribution >= 0.6 is 0 Å². The highest BCUT2D eigenvalue weighted by Crippen LogP contribution is 2.43. The monoisotopic (exact) mass is 478 g/mol. The van der Waals surface area contributed by atoms with E-state index >= 15 is 0 Å². The Hall–Kier alpha value is -4.58. The van der Waals surface area contributed by atoms with Gasteiger partial charge in [0.25, 0.3) is 5.91 Å². The molecular formula is C30H26N2O4. The zero-order valence-electron chi connectivity index (χ0n) is 20.0. The largest absolute Gasteiger partial charge is 0.497 e. The molecule has 6 heteroatoms. The molecule has 0 bridgehead atoms. The predicted octanol–water partition coefficient (Wildman–Crippen LogP) is 6.04. The number of nitrogens with one attached hydrogen (secondary N) is 1. The molecule has 0 aromatic heterocycles. The Labute approximate surface area is 210 Å². The number of fused-ring (bicyclic) bond motifs is 1. The van der Waals surface area contributed by atoms with E-state index in [1.165, 1.54) is 0 Å². The van der Waals surface area contributed by atoms with Crippen LogP contribution in [0.15, 0.2) is 103 Å². The van der Waals surface area contributed by atoms with Gasteiger partial charge < -0.3 is 19.7 Å². The van der Waals surface area contributed by atoms with Crippen molar-refractivity contribution in [2.75, 3.05) is 19.5 Å². The Kier molecular flexibility index (Phi) is 6.41. The Morgan fingerprint density at radius 2 is 1.39 bits per heavy atom. The highest BCUT2D eigenvalue weighted by atomic mass is 16.5. The summed E-state index contributed by atoms with van der Waals surface area (Å²) in [5.41, 5.74) is 2.75. The molecule has 1 heterocycles. The number of hydrogen-bond donors (Lipinski definition) is 1. The minimum absolute atomic E-state index is 0.113. The smallest absolute Gasteiger partial charge is 0.254 e. The molecule has 36 heavy (non-hydrogen) atoms. The van der Waals surface area contributed by atoms with Crippen LogP contribution in [0.4, 0.5) is 5.69 Å². The van der Waals surface area contributed by atoms with Crippen LogP contribution in [0, 0.1) is 0 Å². The number of anilines is 1. The lowest BCUT2D eigenvalue weighted by Gasteiger charge is -2.39. The van der Waals surface area contributed by atoms with E-state index in [0.717, 1.165) is 11.3 Å². The molecule has 0 fully saturated rings. The number of carbonyl (C=O) groups excluding carboxylic acids is 2. The van der Waals surface area contributed by atoms with Crippen molar-refractivity contribution in [1.82, 2.24) is 4.90 Å². The minimum Gasteiger partial charge on any atom is -0.497 e. The maximum atomic E-state index is 13.8. The van der Waals surface area contributed by atoms with Crippen LogP contribution in [-0.2, 0) is 4.79 Å². The van der Waals surface area contributed by atoms with E-state index < -0.39 is 12.0 Å². The van der Waals surface area contributed by atoms with Gasteiger partial charge in [-0.15, -0.1) is 0 Å². The first-order valence-electron chi connectivity index (χ1n) is 11.7. The molecule has 0 radical (unpaired) electrons. The first kappa shape index (κ1) is 23.2. The van der Waals surface area contributed by atoms with Crippen molar-refractivity contribution in [3.8, 4) is 17.2 Å². The molecule has 6 nitrogen and oxygen atoms in total. The third kappa shape index (κ3) is 4.53. The Morgan fingerprint density at radius 3 is 2.08 bits per heavy atom. The number of hydrogen-bond acceptors (Lipinski definition) is 4. The van der Waals surface area contributed by atoms with E-state index in [1.807, 2.05) is 97.1 Å². The Morgan fingerprint density at radius 1 is 0.778 bits per heavy atom. The van der Waals surface area contributed by atoms with Gasteiger partial charge in [0, 0.05) is 18.3 Å². The number of benzene rings is 4. The third-order valence-electron chi connectivity index (χ3n) is 6.42. The van der Waals surface area contributed by atoms with Gasteiger partial charge in [0.15, 0.2) is 0 Å². The zero-order valence-corrected chi connectivity index (χ0v) is 20.0. The lowest BCUT2D eigenvalue weighted by Crippen LogP contribution is -2.44. The molecule has 0 saturated carbocycles. The molecule has 0 unspecified atom stereocenters. The van der Waals surface area contributed by atoms with E-state index in [-0.39, 0.29) is 11.8 Å². The summed E-state index contributed by atoms with van der Waals surface area (Å²) < 4.78 is 11.1. The molecule has 2 amide bonds. The van der Waals surface area contributed by atoms with Crippen LogP contribution in [-0.4, -0.2) is 30.9 Å². The molecule has 180 valence electrons. The van der Waals surface area contributed by atoms with E-state index in [1.54, 1.807) is 25.1 Å². The summed E-state index contributed by atoms with van der Waals surface area (Å²) in [4.78, 5) is 28.6. The van der Waals surface area contributed by atoms with Crippen molar-refractivity contribution < 1.29 is 19.1 Å². The maximum Gasteiger partial charge on any atom is 0.254 e. The maximum absolute atomic E-state index is 13.8. The van der Waals surface area contributed by atoms with Crippen LogP contribution in [0.25, 0.3) is 0 Å². The summed E-state index contributed by atoms with van der Waals surface area (Å²) in [6.07, 6.45) is 0. The molecule has 0 spiro atoms. The summed E-state index contributed by atoms with van der Waals surface area (Å²) in [7, 11) is 3.34. The van der Waals surface area contributed by atoms with Crippen molar-refractivity contribution >= 4 is 17.5 Å². The van der Waals surface area contributed by atoms with Gasteiger partial charge in [0.05, 0.1) is 19.1 Å². The lowest BCUT2D eigenvalue weighted by molar-refractivity contribution is -0.119. The second kappa shape index (κ2) is 9.96. The standard InChI is InChI=1S/C30H26N2O4/c1-32-28(20-12-16-22(35-2)17-13-20)27(25-10-6-7-11-26(25)30(32)34)29(33)31-21-14-18-24(19-15-21)36-23-8-4-3-5-9-23/h3-19,27-28H,1-2H3,(H,31,33)/t27-,28+/m1/s1. The second-order valence-corrected chi connectivity index (χ2v) is 8.63. The highest BCUT2D eigenvalue weighted by Gasteiger charge is 2.42. The normalized spacial score (nSPS) is 16.7. The van der Waals surface area contributed by atoms with Gasteiger partial charge in [-0.2, -0.15) is 0 Å². The summed E-state index contributed by atoms with van der Waals surface area (Å²) in [5.74, 6) is 1.21. The number of methoxy groups -OCH3 is 1. The SMILES string of the molecule is COc1ccc([C@H]2[C@H](C(=O)Nc3ccc(Oc4ccccc4)cc3)c3ccccc3C(=O)N2C)cc1. The van der Waals surface area contributed by atoms with Gasteiger partial charge >= 0.3 is 0 Å². The van der Waals surface area contributed by atoms with Gasteiger partial charge in [-0.25, -0.2) is 0 Å². The number of nitrogens with zero attached hydrogens (tertiary/aromatic N) is 1. The molecule has 0 aliphatic carbocycles. The average Bonchev–Trinajstić information content (AvgIpc) is 2.92. The zero-order chi connectivity index (χ0) is 25.1. The fourth-order valence-corrected chi connectivity index (χ4v) is 4.63. The second-order valence-electron chi connectivity index (χ2n) is 8.63. The summed E-state index contributed by atoms with van der Waals surface area (Å²) in [6.45, 7) is 0. The van der Waals surface area contributed by atoms with Crippen LogP contribution < -0.4 is 14.8 Å². The van der Waals surface area contributed by atoms with E-state index in [0.29, 0.717) is 28.3 Å². The summed E-state index contributed by atoms with van der Waals surface area (Å²) >= 11 is 0. The number of ether oxygens (including phenoxy) is 2. The van der Waals surface area contributed by atoms with Crippen LogP contribution in [0.2, 0.25) is 0 Å². The van der Waals surface area contributed by atoms with Gasteiger partial charge in [-0.05, 0) is 65.7 Å². The molecule has 0 saturated heterocycles. The predicted molar refractivity (Wildman–Crippen MR) is 139 cm³/mol. The number of para-hydroxylation sites is 1. The van der Waals surface area contributed by atoms with Crippen molar-refractivity contribution in [3.63, 3.8) is 0 Å². The molecule has 4 aromatic rings. The highest BCUT2D eigenvalue weighted by molar-refractivity contribution is 6.04. The first-order valence-corrected chi connectivity index (χ1v) is 11.7. The molecule has 1 N–H and O–H groups in total. The van der Waals surface area contributed by atoms with Gasteiger partial charge in [0.1, 0.15) is 17.2 Å². The van der Waals surface area contributed by atoms with E-state index in [2.05, 4.69) is 5.32 Å². The number of carbonyl (C=O) groups is 2. The average molecular weight is 479 g/mol. The van der Waals surface area contributed by atoms with Crippen LogP contribution in [0.5, 0.6) is 17.2 Å². The van der Waals surface area contributed by atoms with Crippen molar-refractivity contribution in [3.05, 3.63) is 120 Å². The minimum atomic E-state index is -0.599. The van der Waals surface area contributed by atoms with Gasteiger partial charge in [0.2, 0.25) is 5.91 Å². The van der Waals surface area contributed by atoms with Crippen molar-refractivity contribution in [2.24, 2.45) is 0 Å². The summed E-state index contributed by atoms with van der Waals surface area (Å²) in [5, 5.41) is 3.04. The number of likely N-dealkylation sites (N-methyl/N-ethyl adjacent to an activating group) is 1. The van der Waals surface area contributed by atoms with Crippen LogP contribution in [0.1, 0.15) is 33.4 Å². The van der Waals surface area contributed by atoms with E-state index in [4.69, 9.17) is 9.47 Å². The van der Waals surface area contributed by atoms with Gasteiger partial charge in [-0.1, -0.05) is 48.5 Å². The number of rotatable bonds is 6. The molecule has 1 aliphatic rings. The third-order valence-corrected chi connectivity index (χ3v) is 6.42. The van der Waals surface area contributed by atoms with E-state index in [9.17, 15) is 9.59 Å². The number of amides is 2. The Balaban J connectivity index is 1.44. The topological polar surface area (TPSA) is 67.9 Å². The molecule has 5 rings (SSSR count). The van der Waals surface area contributed by atoms with Crippen molar-refractivity contribution in [2.45, 2.75) is 12.0 Å². The first-order chi connectivity index (χ1) is 17.5. The molecular weight excluding hydrogens is 452 g/mol. The molecule has 4 aromatic carbocycles. The molecule has 1 aliphatic heterocycles. The van der Waals surface area contributed by atoms with Crippen LogP contribution in [0.3, 0.4) is 0 Å². The Bertz CT molecular complexity index is 1370. The quantitative estimate of drug-likeness (QED) is 0.367. The van der Waals surface area contributed by atoms with Gasteiger partial charge in [-0.3, -0.25) is 9.59 Å². The van der Waals surface area contributed by atoms with Crippen molar-refractivity contribution in [1.29, 1.82) is 0 Å². The molecule has 2 atom stereocenters.